The van der Waals surface area contributed by atoms with Crippen molar-refractivity contribution in [1.29, 1.82) is 0 Å². The highest BCUT2D eigenvalue weighted by Crippen LogP contribution is 2.29. The van der Waals surface area contributed by atoms with Crippen molar-refractivity contribution in [3.8, 4) is 17.0 Å². The Balaban J connectivity index is 1.71. The molecule has 0 saturated carbocycles. The molecule has 156 valence electrons. The summed E-state index contributed by atoms with van der Waals surface area (Å²) >= 11 is 0. The van der Waals surface area contributed by atoms with Gasteiger partial charge in [-0.3, -0.25) is 9.59 Å². The maximum atomic E-state index is 14.3. The van der Waals surface area contributed by atoms with E-state index in [4.69, 9.17) is 15.0 Å². The van der Waals surface area contributed by atoms with Crippen LogP contribution in [0.15, 0.2) is 59.1 Å². The largest absolute Gasteiger partial charge is 0.484 e. The van der Waals surface area contributed by atoms with Crippen molar-refractivity contribution in [1.82, 2.24) is 10.1 Å². The smallest absolute Gasteiger partial charge is 0.259 e. The predicted molar refractivity (Wildman–Crippen MR) is 111 cm³/mol. The Bertz CT molecular complexity index is 1300. The number of carbonyl (C=O) groups is 2. The molecule has 0 fully saturated rings. The van der Waals surface area contributed by atoms with Crippen LogP contribution in [0.4, 0.5) is 10.1 Å². The minimum atomic E-state index is -0.614. The quantitative estimate of drug-likeness (QED) is 0.493. The van der Waals surface area contributed by atoms with Crippen molar-refractivity contribution >= 4 is 28.6 Å². The lowest BCUT2D eigenvalue weighted by atomic mass is 10.0. The summed E-state index contributed by atoms with van der Waals surface area (Å²) in [5.74, 6) is -1.19. The van der Waals surface area contributed by atoms with Crippen molar-refractivity contribution in [3.63, 3.8) is 0 Å². The maximum absolute atomic E-state index is 14.3. The van der Waals surface area contributed by atoms with Gasteiger partial charge in [0.15, 0.2) is 6.61 Å². The number of amides is 2. The van der Waals surface area contributed by atoms with Gasteiger partial charge in [0.25, 0.3) is 17.5 Å². The van der Waals surface area contributed by atoms with Gasteiger partial charge in [0.05, 0.1) is 22.3 Å². The molecule has 2 aromatic carbocycles. The molecule has 0 spiro atoms. The first kappa shape index (κ1) is 20.0. The lowest BCUT2D eigenvalue weighted by molar-refractivity contribution is -0.119. The van der Waals surface area contributed by atoms with E-state index in [9.17, 15) is 14.0 Å². The Hall–Kier alpha value is -4.27. The van der Waals surface area contributed by atoms with Crippen LogP contribution in [-0.2, 0) is 4.79 Å². The van der Waals surface area contributed by atoms with Crippen molar-refractivity contribution in [3.05, 3.63) is 71.7 Å². The zero-order valence-corrected chi connectivity index (χ0v) is 16.4. The molecular formula is C22H17FN4O4. The van der Waals surface area contributed by atoms with E-state index in [1.165, 1.54) is 12.1 Å². The number of aromatic nitrogens is 2. The number of hydrogen-bond acceptors (Lipinski definition) is 6. The molecule has 8 nitrogen and oxygen atoms in total. The SMILES string of the molecule is Cc1noc2nc(-c3ccccc3F)cc(C(=O)Nc3cccc(OCC(N)=O)c3)c12. The van der Waals surface area contributed by atoms with Crippen LogP contribution in [0.5, 0.6) is 5.75 Å². The van der Waals surface area contributed by atoms with E-state index in [0.717, 1.165) is 0 Å². The molecule has 2 heterocycles. The van der Waals surface area contributed by atoms with Gasteiger partial charge >= 0.3 is 0 Å². The highest BCUT2D eigenvalue weighted by molar-refractivity contribution is 6.13. The van der Waals surface area contributed by atoms with Crippen molar-refractivity contribution in [2.24, 2.45) is 5.73 Å². The summed E-state index contributed by atoms with van der Waals surface area (Å²) in [6.07, 6.45) is 0. The first-order valence-electron chi connectivity index (χ1n) is 9.27. The summed E-state index contributed by atoms with van der Waals surface area (Å²) in [5, 5.41) is 7.07. The fourth-order valence-corrected chi connectivity index (χ4v) is 3.10. The third-order valence-corrected chi connectivity index (χ3v) is 4.48. The zero-order valence-electron chi connectivity index (χ0n) is 16.4. The number of anilines is 1. The third kappa shape index (κ3) is 4.20. The van der Waals surface area contributed by atoms with Crippen LogP contribution >= 0.6 is 0 Å². The number of primary amides is 1. The van der Waals surface area contributed by atoms with Gasteiger partial charge in [-0.15, -0.1) is 0 Å². The lowest BCUT2D eigenvalue weighted by Crippen LogP contribution is -2.20. The third-order valence-electron chi connectivity index (χ3n) is 4.48. The Kier molecular flexibility index (Phi) is 5.31. The highest BCUT2D eigenvalue weighted by atomic mass is 19.1. The van der Waals surface area contributed by atoms with E-state index < -0.39 is 17.6 Å². The fourth-order valence-electron chi connectivity index (χ4n) is 3.10. The van der Waals surface area contributed by atoms with Crippen LogP contribution in [0, 0.1) is 12.7 Å². The first-order chi connectivity index (χ1) is 14.9. The molecule has 0 aliphatic rings. The summed E-state index contributed by atoms with van der Waals surface area (Å²) in [6, 6.07) is 14.1. The minimum Gasteiger partial charge on any atom is -0.484 e. The number of fused-ring (bicyclic) bond motifs is 1. The second-order valence-electron chi connectivity index (χ2n) is 6.72. The van der Waals surface area contributed by atoms with Gasteiger partial charge in [0.2, 0.25) is 0 Å². The molecule has 0 saturated heterocycles. The van der Waals surface area contributed by atoms with Gasteiger partial charge in [0, 0.05) is 17.3 Å². The van der Waals surface area contributed by atoms with Crippen molar-refractivity contribution < 1.29 is 23.2 Å². The summed E-state index contributed by atoms with van der Waals surface area (Å²) in [6.45, 7) is 1.40. The molecule has 2 aromatic heterocycles. The number of nitrogens with one attached hydrogen (secondary N) is 1. The first-order valence-corrected chi connectivity index (χ1v) is 9.27. The van der Waals surface area contributed by atoms with Crippen LogP contribution in [0.1, 0.15) is 16.1 Å². The summed E-state index contributed by atoms with van der Waals surface area (Å²) in [5.41, 5.74) is 6.82. The molecule has 4 aromatic rings. The number of halogens is 1. The summed E-state index contributed by atoms with van der Waals surface area (Å²) < 4.78 is 24.8. The van der Waals surface area contributed by atoms with Gasteiger partial charge in [-0.05, 0) is 37.3 Å². The Labute approximate surface area is 175 Å². The lowest BCUT2D eigenvalue weighted by Gasteiger charge is -2.10. The molecule has 0 atom stereocenters. The Morgan fingerprint density at radius 1 is 1.16 bits per heavy atom. The number of nitrogens with zero attached hydrogens (tertiary/aromatic N) is 2. The normalized spacial score (nSPS) is 10.8. The molecule has 0 unspecified atom stereocenters. The molecule has 0 bridgehead atoms. The molecule has 9 heteroatoms. The van der Waals surface area contributed by atoms with Gasteiger partial charge in [-0.1, -0.05) is 23.4 Å². The molecule has 2 amide bonds. The summed E-state index contributed by atoms with van der Waals surface area (Å²) in [4.78, 5) is 28.3. The number of nitrogens with two attached hydrogens (primary N) is 1. The predicted octanol–water partition coefficient (Wildman–Crippen LogP) is 3.45. The average molecular weight is 420 g/mol. The molecule has 0 aliphatic carbocycles. The van der Waals surface area contributed by atoms with E-state index in [1.807, 2.05) is 0 Å². The van der Waals surface area contributed by atoms with E-state index in [0.29, 0.717) is 22.5 Å². The zero-order chi connectivity index (χ0) is 22.0. The molecular weight excluding hydrogens is 403 g/mol. The second-order valence-corrected chi connectivity index (χ2v) is 6.72. The van der Waals surface area contributed by atoms with Crippen LogP contribution in [-0.4, -0.2) is 28.6 Å². The molecule has 0 radical (unpaired) electrons. The topological polar surface area (TPSA) is 120 Å². The molecule has 3 N–H and O–H groups in total. The monoisotopic (exact) mass is 420 g/mol. The van der Waals surface area contributed by atoms with Crippen molar-refractivity contribution in [2.75, 3.05) is 11.9 Å². The number of carbonyl (C=O) groups excluding carboxylic acids is 2. The molecule has 31 heavy (non-hydrogen) atoms. The Morgan fingerprint density at radius 2 is 1.97 bits per heavy atom. The standard InChI is InChI=1S/C22H17FN4O4/c1-12-20-16(21(29)25-13-5-4-6-14(9-13)30-11-19(24)28)10-18(26-22(20)31-27-12)15-7-2-3-8-17(15)23/h2-10H,11H2,1H3,(H2,24,28)(H,25,29). The van der Waals surface area contributed by atoms with E-state index >= 15 is 0 Å². The number of pyridine rings is 1. The molecule has 4 rings (SSSR count). The van der Waals surface area contributed by atoms with Crippen LogP contribution < -0.4 is 15.8 Å². The van der Waals surface area contributed by atoms with Crippen LogP contribution in [0.2, 0.25) is 0 Å². The Morgan fingerprint density at radius 3 is 2.74 bits per heavy atom. The fraction of sp³-hybridized carbons (Fsp3) is 0.0909. The van der Waals surface area contributed by atoms with E-state index in [1.54, 1.807) is 49.4 Å². The van der Waals surface area contributed by atoms with Gasteiger partial charge in [0.1, 0.15) is 11.6 Å². The minimum absolute atomic E-state index is 0.127. The van der Waals surface area contributed by atoms with Gasteiger partial charge < -0.3 is 20.3 Å². The van der Waals surface area contributed by atoms with Crippen molar-refractivity contribution in [2.45, 2.75) is 6.92 Å². The highest BCUT2D eigenvalue weighted by Gasteiger charge is 2.20. The number of hydrogen-bond donors (Lipinski definition) is 2. The number of aryl methyl sites for hydroxylation is 1. The van der Waals surface area contributed by atoms with Gasteiger partial charge in [-0.2, -0.15) is 0 Å². The maximum Gasteiger partial charge on any atom is 0.259 e. The number of ether oxygens (including phenoxy) is 1. The summed E-state index contributed by atoms with van der Waals surface area (Å²) in [7, 11) is 0. The van der Waals surface area contributed by atoms with Crippen LogP contribution in [0.3, 0.4) is 0 Å². The van der Waals surface area contributed by atoms with Gasteiger partial charge in [-0.25, -0.2) is 9.37 Å². The number of benzene rings is 2. The molecule has 0 aliphatic heterocycles. The van der Waals surface area contributed by atoms with E-state index in [-0.39, 0.29) is 29.1 Å². The number of rotatable bonds is 6. The second kappa shape index (κ2) is 8.23. The van der Waals surface area contributed by atoms with E-state index in [2.05, 4.69) is 15.5 Å². The average Bonchev–Trinajstić information content (AvgIpc) is 3.13. The van der Waals surface area contributed by atoms with Crippen LogP contribution in [0.25, 0.3) is 22.4 Å².